The number of rotatable bonds is 2. The van der Waals surface area contributed by atoms with Crippen LogP contribution in [0.4, 0.5) is 0 Å². The van der Waals surface area contributed by atoms with E-state index in [-0.39, 0.29) is 11.8 Å². The Morgan fingerprint density at radius 3 is 2.67 bits per heavy atom. The van der Waals surface area contributed by atoms with E-state index >= 15 is 0 Å². The second-order valence-corrected chi connectivity index (χ2v) is 7.04. The fourth-order valence-corrected chi connectivity index (χ4v) is 3.54. The molecule has 1 fully saturated rings. The van der Waals surface area contributed by atoms with Crippen molar-refractivity contribution < 1.29 is 8.42 Å². The third-order valence-corrected chi connectivity index (χ3v) is 4.99. The number of hydrogen-bond acceptors (Lipinski definition) is 3. The van der Waals surface area contributed by atoms with Gasteiger partial charge in [0.2, 0.25) is 10.0 Å². The molecule has 4 nitrogen and oxygen atoms in total. The number of sulfonamides is 1. The molecule has 1 unspecified atom stereocenters. The molecular formula is C13H20N2O2S. The van der Waals surface area contributed by atoms with Crippen molar-refractivity contribution in [2.75, 3.05) is 18.8 Å². The summed E-state index contributed by atoms with van der Waals surface area (Å²) in [7, 11) is -3.13. The molecule has 1 heterocycles. The molecule has 0 aromatic heterocycles. The maximum absolute atomic E-state index is 12.1. The summed E-state index contributed by atoms with van der Waals surface area (Å²) in [5, 5.41) is 3.20. The van der Waals surface area contributed by atoms with Gasteiger partial charge in [-0.05, 0) is 19.4 Å². The van der Waals surface area contributed by atoms with E-state index in [0.29, 0.717) is 19.6 Å². The van der Waals surface area contributed by atoms with Crippen molar-refractivity contribution in [2.24, 2.45) is 0 Å². The van der Waals surface area contributed by atoms with E-state index in [0.717, 1.165) is 5.56 Å². The molecule has 1 aromatic rings. The molecule has 0 amide bonds. The molecule has 1 aliphatic heterocycles. The first-order valence-electron chi connectivity index (χ1n) is 6.24. The normalized spacial score (nSPS) is 24.7. The molecule has 0 spiro atoms. The number of hydrogen-bond donors (Lipinski definition) is 1. The summed E-state index contributed by atoms with van der Waals surface area (Å²) in [6.07, 6.45) is 0. The summed E-state index contributed by atoms with van der Waals surface area (Å²) >= 11 is 0. The lowest BCUT2D eigenvalue weighted by molar-refractivity contribution is 0.378. The highest BCUT2D eigenvalue weighted by atomic mass is 32.2. The Hall–Kier alpha value is -0.910. The van der Waals surface area contributed by atoms with Crippen molar-refractivity contribution in [1.29, 1.82) is 0 Å². The quantitative estimate of drug-likeness (QED) is 0.874. The molecule has 5 heteroatoms. The van der Waals surface area contributed by atoms with Gasteiger partial charge in [-0.25, -0.2) is 8.42 Å². The minimum absolute atomic E-state index is 0.184. The van der Waals surface area contributed by atoms with Gasteiger partial charge in [0, 0.05) is 25.7 Å². The Morgan fingerprint density at radius 1 is 1.33 bits per heavy atom. The largest absolute Gasteiger partial charge is 0.312 e. The summed E-state index contributed by atoms with van der Waals surface area (Å²) in [6.45, 7) is 5.58. The van der Waals surface area contributed by atoms with Gasteiger partial charge in [-0.1, -0.05) is 29.8 Å². The second kappa shape index (κ2) is 5.38. The Morgan fingerprint density at radius 2 is 2.00 bits per heavy atom. The van der Waals surface area contributed by atoms with Crippen molar-refractivity contribution in [3.05, 3.63) is 35.4 Å². The zero-order valence-electron chi connectivity index (χ0n) is 10.9. The minimum Gasteiger partial charge on any atom is -0.312 e. The van der Waals surface area contributed by atoms with E-state index in [1.807, 2.05) is 38.1 Å². The standard InChI is InChI=1S/C13H20N2O2S/c1-11-3-5-13(6-4-11)10-15-9-12(2)14-7-8-18(15,16)17/h3-6,12,14H,7-10H2,1-2H3. The van der Waals surface area contributed by atoms with Gasteiger partial charge >= 0.3 is 0 Å². The topological polar surface area (TPSA) is 49.4 Å². The maximum Gasteiger partial charge on any atom is 0.215 e. The Balaban J connectivity index is 2.16. The predicted molar refractivity (Wildman–Crippen MR) is 72.8 cm³/mol. The van der Waals surface area contributed by atoms with Gasteiger partial charge in [0.05, 0.1) is 5.75 Å². The van der Waals surface area contributed by atoms with Gasteiger partial charge in [-0.3, -0.25) is 0 Å². The van der Waals surface area contributed by atoms with E-state index in [9.17, 15) is 8.42 Å². The molecule has 1 aromatic carbocycles. The van der Waals surface area contributed by atoms with Gasteiger partial charge in [0.1, 0.15) is 0 Å². The fraction of sp³-hybridized carbons (Fsp3) is 0.538. The third-order valence-electron chi connectivity index (χ3n) is 3.20. The Labute approximate surface area is 109 Å². The van der Waals surface area contributed by atoms with E-state index in [4.69, 9.17) is 0 Å². The van der Waals surface area contributed by atoms with Gasteiger partial charge in [-0.2, -0.15) is 4.31 Å². The second-order valence-electron chi connectivity index (χ2n) is 4.95. The average molecular weight is 268 g/mol. The number of nitrogens with one attached hydrogen (secondary N) is 1. The van der Waals surface area contributed by atoms with Gasteiger partial charge in [0.15, 0.2) is 0 Å². The smallest absolute Gasteiger partial charge is 0.215 e. The third kappa shape index (κ3) is 3.31. The van der Waals surface area contributed by atoms with Crippen molar-refractivity contribution >= 4 is 10.0 Å². The lowest BCUT2D eigenvalue weighted by Gasteiger charge is -2.21. The first-order chi connectivity index (χ1) is 8.47. The molecule has 0 saturated carbocycles. The van der Waals surface area contributed by atoms with Crippen LogP contribution in [0.1, 0.15) is 18.1 Å². The van der Waals surface area contributed by atoms with Crippen LogP contribution >= 0.6 is 0 Å². The molecule has 0 bridgehead atoms. The molecule has 1 aliphatic rings. The minimum atomic E-state index is -3.13. The molecule has 2 rings (SSSR count). The first kappa shape index (κ1) is 13.5. The molecule has 18 heavy (non-hydrogen) atoms. The molecule has 0 aliphatic carbocycles. The van der Waals surface area contributed by atoms with Gasteiger partial charge in [-0.15, -0.1) is 0 Å². The summed E-state index contributed by atoms with van der Waals surface area (Å²) < 4.78 is 25.8. The molecule has 1 N–H and O–H groups in total. The fourth-order valence-electron chi connectivity index (χ4n) is 2.11. The molecular weight excluding hydrogens is 248 g/mol. The highest BCUT2D eigenvalue weighted by molar-refractivity contribution is 7.89. The van der Waals surface area contributed by atoms with Gasteiger partial charge in [0.25, 0.3) is 0 Å². The summed E-state index contributed by atoms with van der Waals surface area (Å²) in [5.74, 6) is 0.184. The Bertz CT molecular complexity index is 496. The van der Waals surface area contributed by atoms with E-state index in [1.54, 1.807) is 4.31 Å². The predicted octanol–water partition coefficient (Wildman–Crippen LogP) is 1.12. The molecule has 0 radical (unpaired) electrons. The summed E-state index contributed by atoms with van der Waals surface area (Å²) in [4.78, 5) is 0. The van der Waals surface area contributed by atoms with Crippen molar-refractivity contribution in [3.8, 4) is 0 Å². The monoisotopic (exact) mass is 268 g/mol. The van der Waals surface area contributed by atoms with Crippen LogP contribution in [0.5, 0.6) is 0 Å². The summed E-state index contributed by atoms with van der Waals surface area (Å²) in [6, 6.07) is 8.22. The maximum atomic E-state index is 12.1. The van der Waals surface area contributed by atoms with Crippen LogP contribution in [0.25, 0.3) is 0 Å². The van der Waals surface area contributed by atoms with Crippen LogP contribution in [0.2, 0.25) is 0 Å². The number of aryl methyl sites for hydroxylation is 1. The molecule has 1 atom stereocenters. The van der Waals surface area contributed by atoms with Crippen LogP contribution in [0.3, 0.4) is 0 Å². The highest BCUT2D eigenvalue weighted by Gasteiger charge is 2.26. The van der Waals surface area contributed by atoms with Crippen LogP contribution in [-0.4, -0.2) is 37.6 Å². The van der Waals surface area contributed by atoms with E-state index in [2.05, 4.69) is 5.32 Å². The molecule has 1 saturated heterocycles. The van der Waals surface area contributed by atoms with Crippen LogP contribution in [0.15, 0.2) is 24.3 Å². The highest BCUT2D eigenvalue weighted by Crippen LogP contribution is 2.13. The SMILES string of the molecule is Cc1ccc(CN2CC(C)NCCS2(=O)=O)cc1. The van der Waals surface area contributed by atoms with E-state index in [1.165, 1.54) is 5.56 Å². The van der Waals surface area contributed by atoms with Crippen LogP contribution in [0, 0.1) is 6.92 Å². The Kier molecular flexibility index (Phi) is 4.04. The zero-order valence-corrected chi connectivity index (χ0v) is 11.7. The van der Waals surface area contributed by atoms with Crippen molar-refractivity contribution in [1.82, 2.24) is 9.62 Å². The number of benzene rings is 1. The zero-order chi connectivity index (χ0) is 13.2. The molecule has 100 valence electrons. The first-order valence-corrected chi connectivity index (χ1v) is 7.85. The van der Waals surface area contributed by atoms with Crippen LogP contribution in [-0.2, 0) is 16.6 Å². The lowest BCUT2D eigenvalue weighted by atomic mass is 10.1. The van der Waals surface area contributed by atoms with Crippen molar-refractivity contribution in [2.45, 2.75) is 26.4 Å². The summed E-state index contributed by atoms with van der Waals surface area (Å²) in [5.41, 5.74) is 2.23. The van der Waals surface area contributed by atoms with Crippen molar-refractivity contribution in [3.63, 3.8) is 0 Å². The number of nitrogens with zero attached hydrogens (tertiary/aromatic N) is 1. The van der Waals surface area contributed by atoms with Gasteiger partial charge < -0.3 is 5.32 Å². The van der Waals surface area contributed by atoms with Crippen LogP contribution < -0.4 is 5.32 Å². The average Bonchev–Trinajstić information content (AvgIpc) is 2.42. The van der Waals surface area contributed by atoms with E-state index < -0.39 is 10.0 Å². The lowest BCUT2D eigenvalue weighted by Crippen LogP contribution is -2.37.